The first kappa shape index (κ1) is 18.6. The molecule has 1 atom stereocenters. The first-order valence-electron chi connectivity index (χ1n) is 8.03. The molecule has 4 nitrogen and oxygen atoms in total. The highest BCUT2D eigenvalue weighted by Crippen LogP contribution is 2.61. The summed E-state index contributed by atoms with van der Waals surface area (Å²) in [5, 5.41) is 0. The van der Waals surface area contributed by atoms with Crippen molar-refractivity contribution in [2.45, 2.75) is 20.3 Å². The molecule has 0 N–H and O–H groups in total. The van der Waals surface area contributed by atoms with Crippen molar-refractivity contribution in [1.29, 1.82) is 0 Å². The highest BCUT2D eigenvalue weighted by Gasteiger charge is 2.31. The summed E-state index contributed by atoms with van der Waals surface area (Å²) in [5.41, 5.74) is 0.822. The fourth-order valence-electron chi connectivity index (χ4n) is 1.94. The minimum absolute atomic E-state index is 0.553. The Hall–Kier alpha value is -1.71. The van der Waals surface area contributed by atoms with Gasteiger partial charge in [-0.1, -0.05) is 43.3 Å². The van der Waals surface area contributed by atoms with E-state index in [4.69, 9.17) is 4.52 Å². The van der Waals surface area contributed by atoms with Gasteiger partial charge in [0.15, 0.2) is 0 Å². The Morgan fingerprint density at radius 3 is 2.29 bits per heavy atom. The second-order valence-corrected chi connectivity index (χ2v) is 9.50. The van der Waals surface area contributed by atoms with Gasteiger partial charge in [0, 0.05) is 12.3 Å². The maximum Gasteiger partial charge on any atom is 0.403 e. The second-order valence-electron chi connectivity index (χ2n) is 5.04. The van der Waals surface area contributed by atoms with E-state index in [0.717, 1.165) is 17.9 Å². The van der Waals surface area contributed by atoms with Gasteiger partial charge in [0.25, 0.3) is 0 Å². The van der Waals surface area contributed by atoms with E-state index in [9.17, 15) is 4.57 Å². The zero-order chi connectivity index (χ0) is 17.3. The van der Waals surface area contributed by atoms with E-state index in [1.54, 1.807) is 11.0 Å². The van der Waals surface area contributed by atoms with Crippen LogP contribution in [0.5, 0.6) is 5.75 Å². The number of aliphatic imine (C=N–C) groups is 1. The molecule has 24 heavy (non-hydrogen) atoms. The molecular formula is C18H23N2O2PS. The first-order chi connectivity index (χ1) is 11.7. The molecule has 6 heteroatoms. The normalized spacial score (nSPS) is 13.6. The van der Waals surface area contributed by atoms with Crippen LogP contribution in [0.3, 0.4) is 0 Å². The number of hydrogen-bond acceptors (Lipinski definition) is 4. The monoisotopic (exact) mass is 362 g/mol. The van der Waals surface area contributed by atoms with E-state index < -0.39 is 6.72 Å². The van der Waals surface area contributed by atoms with E-state index in [1.165, 1.54) is 11.4 Å². The molecule has 2 rings (SSSR count). The number of hydrogen-bond donors (Lipinski definition) is 0. The van der Waals surface area contributed by atoms with Gasteiger partial charge in [0.2, 0.25) is 0 Å². The lowest BCUT2D eigenvalue weighted by atomic mass is 10.3. The fourth-order valence-corrected chi connectivity index (χ4v) is 6.15. The number of para-hydroxylation sites is 2. The molecular weight excluding hydrogens is 339 g/mol. The average Bonchev–Trinajstić information content (AvgIpc) is 2.62. The Balaban J connectivity index is 2.22. The van der Waals surface area contributed by atoms with Crippen LogP contribution in [0.25, 0.3) is 0 Å². The summed E-state index contributed by atoms with van der Waals surface area (Å²) in [6.45, 7) is 1.46. The molecule has 0 aliphatic carbocycles. The lowest BCUT2D eigenvalue weighted by molar-refractivity contribution is 0.449. The second kappa shape index (κ2) is 9.55. The minimum Gasteiger partial charge on any atom is -0.422 e. The third-order valence-corrected chi connectivity index (χ3v) is 7.91. The third-order valence-electron chi connectivity index (χ3n) is 3.16. The number of benzene rings is 2. The molecule has 0 amide bonds. The molecule has 0 aliphatic heterocycles. The van der Waals surface area contributed by atoms with Crippen LogP contribution < -0.4 is 4.52 Å². The molecule has 0 saturated carbocycles. The van der Waals surface area contributed by atoms with Crippen LogP contribution in [-0.2, 0) is 4.57 Å². The van der Waals surface area contributed by atoms with Crippen LogP contribution in [0, 0.1) is 0 Å². The van der Waals surface area contributed by atoms with Gasteiger partial charge < -0.3 is 4.52 Å². The van der Waals surface area contributed by atoms with Crippen LogP contribution in [0.4, 0.5) is 5.69 Å². The van der Waals surface area contributed by atoms with Crippen LogP contribution in [0.1, 0.15) is 20.3 Å². The van der Waals surface area contributed by atoms with Crippen molar-refractivity contribution < 1.29 is 9.09 Å². The molecule has 128 valence electrons. The summed E-state index contributed by atoms with van der Waals surface area (Å²) in [7, 11) is 0. The standard InChI is InChI=1S/C18H23N2O2PS/c1-3-15-24-23(21,22-18-13-9-6-10-14-18)20(4-2)16-19-17-11-7-5-8-12-17/h5-14,16H,3-4,15H2,1-2H3. The largest absolute Gasteiger partial charge is 0.422 e. The van der Waals surface area contributed by atoms with E-state index in [-0.39, 0.29) is 0 Å². The fraction of sp³-hybridized carbons (Fsp3) is 0.278. The SMILES string of the molecule is CCCSP(=O)(Oc1ccccc1)N(C=Nc1ccccc1)CC. The molecule has 0 radical (unpaired) electrons. The Kier molecular flexibility index (Phi) is 7.41. The molecule has 2 aromatic rings. The predicted octanol–water partition coefficient (Wildman–Crippen LogP) is 6.00. The summed E-state index contributed by atoms with van der Waals surface area (Å²) in [4.78, 5) is 4.43. The Morgan fingerprint density at radius 2 is 1.71 bits per heavy atom. The summed E-state index contributed by atoms with van der Waals surface area (Å²) in [5.74, 6) is 1.37. The van der Waals surface area contributed by atoms with Crippen molar-refractivity contribution in [2.24, 2.45) is 4.99 Å². The number of nitrogens with zero attached hydrogens (tertiary/aromatic N) is 2. The van der Waals surface area contributed by atoms with Crippen LogP contribution >= 0.6 is 18.1 Å². The highest BCUT2D eigenvalue weighted by molar-refractivity contribution is 8.56. The van der Waals surface area contributed by atoms with Gasteiger partial charge in [0.05, 0.1) is 12.0 Å². The van der Waals surface area contributed by atoms with Gasteiger partial charge >= 0.3 is 6.72 Å². The molecule has 0 aromatic heterocycles. The Bertz CT molecular complexity index is 680. The summed E-state index contributed by atoms with van der Waals surface area (Å²) >= 11 is 1.35. The van der Waals surface area contributed by atoms with Crippen molar-refractivity contribution in [2.75, 3.05) is 12.3 Å². The molecule has 0 heterocycles. The van der Waals surface area contributed by atoms with Gasteiger partial charge in [0.1, 0.15) is 5.75 Å². The molecule has 0 saturated heterocycles. The zero-order valence-electron chi connectivity index (χ0n) is 14.0. The average molecular weight is 362 g/mol. The Morgan fingerprint density at radius 1 is 1.08 bits per heavy atom. The van der Waals surface area contributed by atoms with Crippen LogP contribution in [0.2, 0.25) is 0 Å². The van der Waals surface area contributed by atoms with Gasteiger partial charge in [-0.3, -0.25) is 4.67 Å². The summed E-state index contributed by atoms with van der Waals surface area (Å²) in [6.07, 6.45) is 2.56. The smallest absolute Gasteiger partial charge is 0.403 e. The molecule has 0 bridgehead atoms. The van der Waals surface area contributed by atoms with Gasteiger partial charge in [-0.15, -0.1) is 0 Å². The van der Waals surface area contributed by atoms with E-state index >= 15 is 0 Å². The van der Waals surface area contributed by atoms with Gasteiger partial charge in [-0.2, -0.15) is 0 Å². The van der Waals surface area contributed by atoms with Crippen molar-refractivity contribution in [1.82, 2.24) is 4.67 Å². The van der Waals surface area contributed by atoms with E-state index in [1.807, 2.05) is 67.6 Å². The van der Waals surface area contributed by atoms with Crippen LogP contribution in [0.15, 0.2) is 65.7 Å². The highest BCUT2D eigenvalue weighted by atomic mass is 32.7. The summed E-state index contributed by atoms with van der Waals surface area (Å²) < 4.78 is 21.1. The summed E-state index contributed by atoms with van der Waals surface area (Å²) in [6, 6.07) is 18.9. The van der Waals surface area contributed by atoms with Crippen molar-refractivity contribution in [3.63, 3.8) is 0 Å². The predicted molar refractivity (Wildman–Crippen MR) is 104 cm³/mol. The lowest BCUT2D eigenvalue weighted by Gasteiger charge is -2.27. The van der Waals surface area contributed by atoms with Crippen molar-refractivity contribution >= 4 is 30.1 Å². The zero-order valence-corrected chi connectivity index (χ0v) is 15.7. The van der Waals surface area contributed by atoms with Gasteiger partial charge in [-0.25, -0.2) is 9.56 Å². The Labute approximate surface area is 148 Å². The molecule has 0 aliphatic rings. The third kappa shape index (κ3) is 5.43. The molecule has 2 aromatic carbocycles. The van der Waals surface area contributed by atoms with Crippen LogP contribution in [-0.4, -0.2) is 23.3 Å². The maximum absolute atomic E-state index is 13.5. The molecule has 0 fully saturated rings. The van der Waals surface area contributed by atoms with E-state index in [2.05, 4.69) is 11.9 Å². The minimum atomic E-state index is -3.10. The topological polar surface area (TPSA) is 41.9 Å². The quantitative estimate of drug-likeness (QED) is 0.312. The van der Waals surface area contributed by atoms with E-state index in [0.29, 0.717) is 12.3 Å². The first-order valence-corrected chi connectivity index (χ1v) is 11.2. The maximum atomic E-state index is 13.5. The van der Waals surface area contributed by atoms with Crippen molar-refractivity contribution in [3.05, 3.63) is 60.7 Å². The molecule has 0 spiro atoms. The van der Waals surface area contributed by atoms with Crippen molar-refractivity contribution in [3.8, 4) is 5.75 Å². The van der Waals surface area contributed by atoms with Gasteiger partial charge in [-0.05, 0) is 49.0 Å². The number of rotatable bonds is 9. The lowest BCUT2D eigenvalue weighted by Crippen LogP contribution is -2.19. The molecule has 1 unspecified atom stereocenters.